The number of fused-ring (bicyclic) bond motifs is 1. The number of likely N-dealkylation sites (N-methyl/N-ethyl adjacent to an activating group) is 1. The third-order valence-corrected chi connectivity index (χ3v) is 2.57. The van der Waals surface area contributed by atoms with Crippen LogP contribution >= 0.6 is 0 Å². The average Bonchev–Trinajstić information content (AvgIpc) is 2.79. The second kappa shape index (κ2) is 4.58. The van der Waals surface area contributed by atoms with Crippen LogP contribution in [-0.4, -0.2) is 37.5 Å². The minimum atomic E-state index is -2.67. The smallest absolute Gasteiger partial charge is 0.128 e. The molecule has 1 heterocycles. The van der Waals surface area contributed by atoms with Gasteiger partial charge in [-0.05, 0) is 38.1 Å². The number of aromatic nitrogens is 1. The maximum absolute atomic E-state index is 7.38. The van der Waals surface area contributed by atoms with Crippen molar-refractivity contribution in [3.8, 4) is 5.75 Å². The topological polar surface area (TPSA) is 28.3 Å². The Balaban J connectivity index is 2.28. The van der Waals surface area contributed by atoms with Crippen molar-refractivity contribution < 1.29 is 13.0 Å². The number of hydrogen-bond acceptors (Lipinski definition) is 2. The second-order valence-electron chi connectivity index (χ2n) is 3.60. The molecule has 3 nitrogen and oxygen atoms in total. The standard InChI is InChI=1S/C13H18N2O/c1-15(2)8-7-10-9-14-11-5-4-6-12(16-3)13(10)11/h4-6,9,14H,7-8H2,1-3H3/i1D3,2D3. The number of rotatable bonds is 4. The predicted octanol–water partition coefficient (Wildman–Crippen LogP) is 2.28. The van der Waals surface area contributed by atoms with Crippen molar-refractivity contribution in [2.24, 2.45) is 0 Å². The zero-order chi connectivity index (χ0) is 16.5. The van der Waals surface area contributed by atoms with Gasteiger partial charge in [0.25, 0.3) is 0 Å². The van der Waals surface area contributed by atoms with Gasteiger partial charge >= 0.3 is 0 Å². The van der Waals surface area contributed by atoms with Gasteiger partial charge in [0.15, 0.2) is 0 Å². The molecule has 2 aromatic rings. The molecule has 0 saturated carbocycles. The Bertz CT molecular complexity index is 632. The lowest BCUT2D eigenvalue weighted by Gasteiger charge is -2.09. The zero-order valence-electron chi connectivity index (χ0n) is 15.1. The summed E-state index contributed by atoms with van der Waals surface area (Å²) < 4.78 is 49.6. The number of nitrogens with zero attached hydrogens (tertiary/aromatic N) is 1. The van der Waals surface area contributed by atoms with Crippen molar-refractivity contribution >= 4 is 10.9 Å². The SMILES string of the molecule is [2H]C([2H])([2H])N(CCc1c[nH]c2cccc(OC)c12)C([2H])([2H])[2H]. The van der Waals surface area contributed by atoms with E-state index in [0.29, 0.717) is 10.6 Å². The molecule has 0 aliphatic heterocycles. The van der Waals surface area contributed by atoms with Gasteiger partial charge in [0.1, 0.15) is 5.75 Å². The van der Waals surface area contributed by atoms with Gasteiger partial charge in [-0.25, -0.2) is 0 Å². The van der Waals surface area contributed by atoms with Crippen molar-refractivity contribution in [2.75, 3.05) is 27.6 Å². The first-order chi connectivity index (χ1) is 10.1. The summed E-state index contributed by atoms with van der Waals surface area (Å²) in [6.45, 7) is -5.43. The lowest BCUT2D eigenvalue weighted by atomic mass is 10.1. The monoisotopic (exact) mass is 224 g/mol. The summed E-state index contributed by atoms with van der Waals surface area (Å²) in [7, 11) is 1.56. The quantitative estimate of drug-likeness (QED) is 0.863. The van der Waals surface area contributed by atoms with E-state index in [2.05, 4.69) is 4.98 Å². The molecule has 0 fully saturated rings. The summed E-state index contributed by atoms with van der Waals surface area (Å²) in [6.07, 6.45) is 2.04. The van der Waals surface area contributed by atoms with Gasteiger partial charge in [-0.1, -0.05) is 6.07 Å². The molecule has 0 saturated heterocycles. The Morgan fingerprint density at radius 1 is 1.44 bits per heavy atom. The van der Waals surface area contributed by atoms with Gasteiger partial charge in [0.2, 0.25) is 0 Å². The van der Waals surface area contributed by atoms with Crippen LogP contribution in [0.1, 0.15) is 13.8 Å². The molecule has 16 heavy (non-hydrogen) atoms. The van der Waals surface area contributed by atoms with Gasteiger partial charge < -0.3 is 14.6 Å². The second-order valence-corrected chi connectivity index (χ2v) is 3.60. The van der Waals surface area contributed by atoms with Crippen molar-refractivity contribution in [1.82, 2.24) is 9.88 Å². The normalized spacial score (nSPS) is 18.4. The van der Waals surface area contributed by atoms with Crippen LogP contribution in [0, 0.1) is 0 Å². The van der Waals surface area contributed by atoms with Gasteiger partial charge in [-0.15, -0.1) is 0 Å². The van der Waals surface area contributed by atoms with Crippen molar-refractivity contribution in [3.63, 3.8) is 0 Å². The Kier molecular flexibility index (Phi) is 1.64. The van der Waals surface area contributed by atoms with Crippen LogP contribution in [0.15, 0.2) is 24.4 Å². The molecule has 0 radical (unpaired) electrons. The van der Waals surface area contributed by atoms with Crippen LogP contribution in [0.25, 0.3) is 10.9 Å². The Morgan fingerprint density at radius 2 is 2.31 bits per heavy atom. The van der Waals surface area contributed by atoms with Crippen LogP contribution in [0.4, 0.5) is 0 Å². The molecular weight excluding hydrogens is 200 g/mol. The van der Waals surface area contributed by atoms with Crippen LogP contribution < -0.4 is 4.74 Å². The first-order valence-corrected chi connectivity index (χ1v) is 5.05. The number of ether oxygens (including phenoxy) is 1. The molecule has 0 aliphatic carbocycles. The largest absolute Gasteiger partial charge is 0.496 e. The molecule has 0 bridgehead atoms. The molecule has 1 aromatic carbocycles. The first-order valence-electron chi connectivity index (χ1n) is 8.05. The maximum atomic E-state index is 7.38. The number of H-pyrrole nitrogens is 1. The summed E-state index contributed by atoms with van der Waals surface area (Å²) in [5.74, 6) is 0.670. The minimum absolute atomic E-state index is 0.0992. The number of nitrogens with one attached hydrogen (secondary N) is 1. The van der Waals surface area contributed by atoms with Crippen molar-refractivity contribution in [1.29, 1.82) is 0 Å². The van der Waals surface area contributed by atoms with Gasteiger partial charge in [-0.3, -0.25) is 0 Å². The van der Waals surface area contributed by atoms with Gasteiger partial charge in [0.05, 0.1) is 7.11 Å². The maximum Gasteiger partial charge on any atom is 0.128 e. The third-order valence-electron chi connectivity index (χ3n) is 2.57. The van der Waals surface area contributed by atoms with Crippen LogP contribution in [0.5, 0.6) is 5.75 Å². The average molecular weight is 224 g/mol. The van der Waals surface area contributed by atoms with E-state index in [1.807, 2.05) is 18.2 Å². The summed E-state index contributed by atoms with van der Waals surface area (Å²) in [5, 5.41) is 0.848. The molecule has 1 N–H and O–H groups in total. The Labute approximate surface area is 104 Å². The molecule has 0 unspecified atom stereocenters. The van der Waals surface area contributed by atoms with Crippen molar-refractivity contribution in [3.05, 3.63) is 30.0 Å². The van der Waals surface area contributed by atoms with E-state index in [0.717, 1.165) is 16.5 Å². The highest BCUT2D eigenvalue weighted by Gasteiger charge is 2.08. The fraction of sp³-hybridized carbons (Fsp3) is 0.385. The fourth-order valence-corrected chi connectivity index (χ4v) is 1.82. The molecule has 0 amide bonds. The highest BCUT2D eigenvalue weighted by Crippen LogP contribution is 2.28. The summed E-state index contributed by atoms with van der Waals surface area (Å²) in [5.41, 5.74) is 1.69. The molecule has 1 aromatic heterocycles. The minimum Gasteiger partial charge on any atom is -0.496 e. The molecule has 0 aliphatic rings. The number of aromatic amines is 1. The van der Waals surface area contributed by atoms with Gasteiger partial charge in [0, 0.05) is 31.9 Å². The predicted molar refractivity (Wildman–Crippen MR) is 67.1 cm³/mol. The molecule has 2 rings (SSSR count). The molecular formula is C13H18N2O. The highest BCUT2D eigenvalue weighted by molar-refractivity contribution is 5.89. The molecule has 86 valence electrons. The molecule has 0 atom stereocenters. The highest BCUT2D eigenvalue weighted by atomic mass is 16.5. The van der Waals surface area contributed by atoms with E-state index in [1.165, 1.54) is 0 Å². The third kappa shape index (κ3) is 2.04. The zero-order valence-corrected chi connectivity index (χ0v) is 9.08. The fourth-order valence-electron chi connectivity index (χ4n) is 1.82. The number of hydrogen-bond donors (Lipinski definition) is 1. The Hall–Kier alpha value is -1.48. The summed E-state index contributed by atoms with van der Waals surface area (Å²) >= 11 is 0. The van der Waals surface area contributed by atoms with E-state index in [1.54, 1.807) is 13.3 Å². The van der Waals surface area contributed by atoms with Crippen LogP contribution in [0.2, 0.25) is 0 Å². The molecule has 3 heteroatoms. The lowest BCUT2D eigenvalue weighted by molar-refractivity contribution is 0.411. The first kappa shape index (κ1) is 5.73. The van der Waals surface area contributed by atoms with E-state index >= 15 is 0 Å². The van der Waals surface area contributed by atoms with Crippen LogP contribution in [0.3, 0.4) is 0 Å². The lowest BCUT2D eigenvalue weighted by Crippen LogP contribution is -2.14. The van der Waals surface area contributed by atoms with Gasteiger partial charge in [-0.2, -0.15) is 0 Å². The van der Waals surface area contributed by atoms with E-state index < -0.39 is 14.0 Å². The molecule has 0 spiro atoms. The van der Waals surface area contributed by atoms with Crippen LogP contribution in [-0.2, 0) is 6.42 Å². The van der Waals surface area contributed by atoms with Crippen molar-refractivity contribution in [2.45, 2.75) is 6.42 Å². The summed E-state index contributed by atoms with van der Waals surface area (Å²) in [6, 6.07) is 5.54. The summed E-state index contributed by atoms with van der Waals surface area (Å²) in [4.78, 5) is 3.65. The number of methoxy groups -OCH3 is 1. The number of benzene rings is 1. The van der Waals surface area contributed by atoms with E-state index in [9.17, 15) is 0 Å². The van der Waals surface area contributed by atoms with E-state index in [-0.39, 0.29) is 13.0 Å². The Morgan fingerprint density at radius 3 is 3.06 bits per heavy atom. The van der Waals surface area contributed by atoms with E-state index in [4.69, 9.17) is 13.0 Å².